The summed E-state index contributed by atoms with van der Waals surface area (Å²) >= 11 is 5.30. The first-order chi connectivity index (χ1) is 14.5. The first-order valence-corrected chi connectivity index (χ1v) is 9.73. The van der Waals surface area contributed by atoms with Crippen LogP contribution < -0.4 is 19.5 Å². The topological polar surface area (TPSA) is 90.4 Å². The Balaban J connectivity index is 1.65. The lowest BCUT2D eigenvalue weighted by atomic mass is 10.1. The summed E-state index contributed by atoms with van der Waals surface area (Å²) in [4.78, 5) is 12.5. The Labute approximate surface area is 179 Å². The average molecular weight is 429 g/mol. The van der Waals surface area contributed by atoms with Crippen LogP contribution in [-0.2, 0) is 17.8 Å². The quantitative estimate of drug-likeness (QED) is 0.509. The number of H-pyrrole nitrogens is 1. The molecule has 0 unspecified atom stereocenters. The number of nitrogens with one attached hydrogen (secondary N) is 2. The summed E-state index contributed by atoms with van der Waals surface area (Å²) in [6.45, 7) is 0.511. The van der Waals surface area contributed by atoms with E-state index in [-0.39, 0.29) is 12.5 Å². The van der Waals surface area contributed by atoms with Crippen molar-refractivity contribution in [2.45, 2.75) is 13.0 Å². The van der Waals surface area contributed by atoms with Crippen molar-refractivity contribution in [2.75, 3.05) is 27.9 Å². The van der Waals surface area contributed by atoms with Gasteiger partial charge in [0.1, 0.15) is 23.8 Å². The maximum Gasteiger partial charge on any atom is 0.240 e. The van der Waals surface area contributed by atoms with Crippen LogP contribution in [0, 0.1) is 4.77 Å². The van der Waals surface area contributed by atoms with E-state index in [1.54, 1.807) is 25.9 Å². The molecule has 0 fully saturated rings. The van der Waals surface area contributed by atoms with Crippen LogP contribution in [0.4, 0.5) is 0 Å². The molecule has 3 rings (SSSR count). The van der Waals surface area contributed by atoms with Gasteiger partial charge in [0.15, 0.2) is 10.6 Å². The van der Waals surface area contributed by atoms with Gasteiger partial charge in [0, 0.05) is 12.1 Å². The van der Waals surface area contributed by atoms with Crippen LogP contribution in [0.25, 0.3) is 11.4 Å². The van der Waals surface area contributed by atoms with E-state index in [1.165, 1.54) is 0 Å². The number of nitrogens with zero attached hydrogens (tertiary/aromatic N) is 2. The van der Waals surface area contributed by atoms with E-state index < -0.39 is 0 Å². The molecule has 0 saturated heterocycles. The number of methoxy groups -OCH3 is 3. The van der Waals surface area contributed by atoms with Gasteiger partial charge in [-0.1, -0.05) is 0 Å². The summed E-state index contributed by atoms with van der Waals surface area (Å²) in [7, 11) is 4.84. The molecule has 0 aliphatic rings. The summed E-state index contributed by atoms with van der Waals surface area (Å²) in [5, 5.41) is 9.93. The molecule has 1 heterocycles. The van der Waals surface area contributed by atoms with E-state index in [1.807, 2.05) is 42.5 Å². The molecule has 30 heavy (non-hydrogen) atoms. The third kappa shape index (κ3) is 4.98. The van der Waals surface area contributed by atoms with Gasteiger partial charge in [-0.3, -0.25) is 14.5 Å². The maximum absolute atomic E-state index is 12.5. The SMILES string of the molecule is COc1ccc(-c2n[nH]c(=S)n2CC(=O)NCCc2cc(OC)ccc2OC)cc1. The van der Waals surface area contributed by atoms with Crippen molar-refractivity contribution in [3.63, 3.8) is 0 Å². The van der Waals surface area contributed by atoms with Gasteiger partial charge in [-0.25, -0.2) is 0 Å². The molecule has 0 radical (unpaired) electrons. The smallest absolute Gasteiger partial charge is 0.240 e. The van der Waals surface area contributed by atoms with E-state index in [0.29, 0.717) is 23.6 Å². The Morgan fingerprint density at radius 1 is 1.07 bits per heavy atom. The van der Waals surface area contributed by atoms with E-state index in [4.69, 9.17) is 26.4 Å². The molecule has 3 aromatic rings. The second kappa shape index (κ2) is 9.93. The van der Waals surface area contributed by atoms with Crippen LogP contribution in [0.15, 0.2) is 42.5 Å². The number of ether oxygens (including phenoxy) is 3. The van der Waals surface area contributed by atoms with E-state index >= 15 is 0 Å². The fourth-order valence-electron chi connectivity index (χ4n) is 3.04. The van der Waals surface area contributed by atoms with Crippen molar-refractivity contribution in [1.82, 2.24) is 20.1 Å². The van der Waals surface area contributed by atoms with Crippen molar-refractivity contribution in [3.05, 3.63) is 52.8 Å². The van der Waals surface area contributed by atoms with Crippen LogP contribution in [-0.4, -0.2) is 48.5 Å². The Morgan fingerprint density at radius 2 is 1.77 bits per heavy atom. The molecule has 158 valence electrons. The monoisotopic (exact) mass is 428 g/mol. The number of carbonyl (C=O) groups excluding carboxylic acids is 1. The molecule has 0 aliphatic heterocycles. The van der Waals surface area contributed by atoms with Gasteiger partial charge in [0.25, 0.3) is 0 Å². The van der Waals surface area contributed by atoms with E-state index in [9.17, 15) is 4.79 Å². The molecule has 0 saturated carbocycles. The lowest BCUT2D eigenvalue weighted by Crippen LogP contribution is -2.29. The van der Waals surface area contributed by atoms with Crippen LogP contribution in [0.2, 0.25) is 0 Å². The molecule has 2 aromatic carbocycles. The van der Waals surface area contributed by atoms with Crippen molar-refractivity contribution in [3.8, 4) is 28.6 Å². The van der Waals surface area contributed by atoms with Crippen LogP contribution in [0.3, 0.4) is 0 Å². The highest BCUT2D eigenvalue weighted by molar-refractivity contribution is 7.71. The molecule has 0 atom stereocenters. The third-order valence-electron chi connectivity index (χ3n) is 4.61. The fourth-order valence-corrected chi connectivity index (χ4v) is 3.23. The predicted octanol–water partition coefficient (Wildman–Crippen LogP) is 2.99. The van der Waals surface area contributed by atoms with Crippen molar-refractivity contribution in [2.24, 2.45) is 0 Å². The number of rotatable bonds is 9. The van der Waals surface area contributed by atoms with E-state index in [0.717, 1.165) is 28.4 Å². The molecular formula is C21H24N4O4S. The number of aromatic amines is 1. The molecule has 9 heteroatoms. The lowest BCUT2D eigenvalue weighted by molar-refractivity contribution is -0.121. The Morgan fingerprint density at radius 3 is 2.43 bits per heavy atom. The van der Waals surface area contributed by atoms with Crippen molar-refractivity contribution >= 4 is 18.1 Å². The largest absolute Gasteiger partial charge is 0.497 e. The lowest BCUT2D eigenvalue weighted by Gasteiger charge is -2.12. The number of benzene rings is 2. The van der Waals surface area contributed by atoms with Crippen molar-refractivity contribution in [1.29, 1.82) is 0 Å². The Kier molecular flexibility index (Phi) is 7.08. The standard InChI is InChI=1S/C21H24N4O4S/c1-27-16-6-4-14(5-7-16)20-23-24-21(30)25(20)13-19(26)22-11-10-15-12-17(28-2)8-9-18(15)29-3/h4-9,12H,10-11,13H2,1-3H3,(H,22,26)(H,24,30). The predicted molar refractivity (Wildman–Crippen MR) is 116 cm³/mol. The number of aromatic nitrogens is 3. The molecule has 0 aliphatic carbocycles. The minimum absolute atomic E-state index is 0.0614. The number of amides is 1. The normalized spacial score (nSPS) is 10.5. The van der Waals surface area contributed by atoms with Gasteiger partial charge in [-0.2, -0.15) is 5.10 Å². The highest BCUT2D eigenvalue weighted by Crippen LogP contribution is 2.24. The van der Waals surface area contributed by atoms with Crippen molar-refractivity contribution < 1.29 is 19.0 Å². The first-order valence-electron chi connectivity index (χ1n) is 9.33. The first kappa shape index (κ1) is 21.4. The molecule has 1 amide bonds. The summed E-state index contributed by atoms with van der Waals surface area (Å²) in [6, 6.07) is 13.0. The summed E-state index contributed by atoms with van der Waals surface area (Å²) in [5.41, 5.74) is 1.79. The van der Waals surface area contributed by atoms with Crippen LogP contribution in [0.5, 0.6) is 17.2 Å². The van der Waals surface area contributed by atoms with Crippen LogP contribution in [0.1, 0.15) is 5.56 Å². The number of carbonyl (C=O) groups is 1. The van der Waals surface area contributed by atoms with E-state index in [2.05, 4.69) is 15.5 Å². The summed E-state index contributed by atoms with van der Waals surface area (Å²) in [5.74, 6) is 2.66. The molecular weight excluding hydrogens is 404 g/mol. The van der Waals surface area contributed by atoms with Crippen LogP contribution >= 0.6 is 12.2 Å². The summed E-state index contributed by atoms with van der Waals surface area (Å²) in [6.07, 6.45) is 0.605. The summed E-state index contributed by atoms with van der Waals surface area (Å²) < 4.78 is 17.9. The minimum atomic E-state index is -0.163. The Hall–Kier alpha value is -3.33. The zero-order valence-corrected chi connectivity index (χ0v) is 17.9. The second-order valence-corrected chi connectivity index (χ2v) is 6.83. The van der Waals surface area contributed by atoms with Gasteiger partial charge >= 0.3 is 0 Å². The van der Waals surface area contributed by atoms with Gasteiger partial charge in [-0.05, 0) is 66.7 Å². The van der Waals surface area contributed by atoms with Gasteiger partial charge in [0.2, 0.25) is 5.91 Å². The highest BCUT2D eigenvalue weighted by atomic mass is 32.1. The number of hydrogen-bond donors (Lipinski definition) is 2. The third-order valence-corrected chi connectivity index (χ3v) is 4.92. The molecule has 0 spiro atoms. The zero-order chi connectivity index (χ0) is 21.5. The van der Waals surface area contributed by atoms with Gasteiger partial charge in [0.05, 0.1) is 21.3 Å². The fraction of sp³-hybridized carbons (Fsp3) is 0.286. The molecule has 0 bridgehead atoms. The molecule has 8 nitrogen and oxygen atoms in total. The Bertz CT molecular complexity index is 1060. The maximum atomic E-state index is 12.5. The highest BCUT2D eigenvalue weighted by Gasteiger charge is 2.13. The minimum Gasteiger partial charge on any atom is -0.497 e. The second-order valence-electron chi connectivity index (χ2n) is 6.44. The zero-order valence-electron chi connectivity index (χ0n) is 17.1. The average Bonchev–Trinajstić information content (AvgIpc) is 3.13. The molecule has 2 N–H and O–H groups in total. The van der Waals surface area contributed by atoms with Gasteiger partial charge < -0.3 is 19.5 Å². The molecule has 1 aromatic heterocycles. The van der Waals surface area contributed by atoms with Gasteiger partial charge in [-0.15, -0.1) is 0 Å². The number of hydrogen-bond acceptors (Lipinski definition) is 6.